The van der Waals surface area contributed by atoms with Gasteiger partial charge in [-0.3, -0.25) is 0 Å². The van der Waals surface area contributed by atoms with Crippen molar-refractivity contribution in [1.29, 1.82) is 0 Å². The average molecular weight is 913 g/mol. The Hall–Kier alpha value is -6.16. The molecule has 1 aliphatic heterocycles. The van der Waals surface area contributed by atoms with E-state index in [1.54, 1.807) is 0 Å². The van der Waals surface area contributed by atoms with Gasteiger partial charge in [-0.05, 0) is 163 Å². The summed E-state index contributed by atoms with van der Waals surface area (Å²) >= 11 is 1.95. The number of hydrogen-bond donors (Lipinski definition) is 1. The van der Waals surface area contributed by atoms with Gasteiger partial charge in [0.25, 0.3) is 0 Å². The van der Waals surface area contributed by atoms with Crippen molar-refractivity contribution >= 4 is 61.1 Å². The second kappa shape index (κ2) is 15.9. The molecule has 0 spiro atoms. The quantitative estimate of drug-likeness (QED) is 0.164. The molecule has 9 aromatic rings. The van der Waals surface area contributed by atoms with Crippen LogP contribution in [0.1, 0.15) is 131 Å². The number of thiophene rings is 1. The van der Waals surface area contributed by atoms with Crippen LogP contribution in [0.5, 0.6) is 0 Å². The Kier molecular flexibility index (Phi) is 10.2. The Morgan fingerprint density at radius 2 is 1.01 bits per heavy atom. The molecule has 0 bridgehead atoms. The smallest absolute Gasteiger partial charge is 0.193 e. The van der Waals surface area contributed by atoms with E-state index < -0.39 is 0 Å². The summed E-state index contributed by atoms with van der Waals surface area (Å²) in [7, 11) is 2.56. The molecule has 341 valence electrons. The van der Waals surface area contributed by atoms with Crippen LogP contribution in [0.3, 0.4) is 0 Å². The molecule has 0 amide bonds. The van der Waals surface area contributed by atoms with Gasteiger partial charge in [0, 0.05) is 43.0 Å². The van der Waals surface area contributed by atoms with Gasteiger partial charge in [0.2, 0.25) is 0 Å². The van der Waals surface area contributed by atoms with Crippen LogP contribution in [0.4, 0.5) is 11.4 Å². The zero-order valence-electron chi connectivity index (χ0n) is 41.9. The van der Waals surface area contributed by atoms with Gasteiger partial charge in [-0.15, -0.1) is 11.3 Å². The maximum absolute atomic E-state index is 4.08. The Labute approximate surface area is 415 Å². The van der Waals surface area contributed by atoms with Crippen LogP contribution in [0, 0.1) is 6.92 Å². The van der Waals surface area contributed by atoms with Gasteiger partial charge < -0.3 is 5.32 Å². The van der Waals surface area contributed by atoms with E-state index in [4.69, 9.17) is 0 Å². The molecule has 1 atom stereocenters. The molecule has 0 saturated carbocycles. The van der Waals surface area contributed by atoms with E-state index in [2.05, 4.69) is 233 Å². The lowest BCUT2D eigenvalue weighted by Crippen LogP contribution is -2.42. The van der Waals surface area contributed by atoms with Crippen molar-refractivity contribution in [2.24, 2.45) is 0 Å². The van der Waals surface area contributed by atoms with Crippen LogP contribution in [0.15, 0.2) is 158 Å². The Balaban J connectivity index is 1.16. The van der Waals surface area contributed by atoms with Crippen molar-refractivity contribution in [2.45, 2.75) is 116 Å². The fraction of sp³-hybridized carbons (Fsp3) is 0.273. The van der Waals surface area contributed by atoms with Crippen molar-refractivity contribution in [3.63, 3.8) is 0 Å². The summed E-state index contributed by atoms with van der Waals surface area (Å²) in [5.41, 5.74) is 24.3. The Morgan fingerprint density at radius 1 is 0.478 bits per heavy atom. The standard InChI is InChI=1S/C66H63BNS/c1-40-34-51-52(64(4,5)31-30-63(51,2)3)36-47(40)59-50-35-44(42-20-14-11-15-21-42)26-29-55(50)67-62-49(38-58-60(61(59)62)46-22-16-17-23-57(46)69-58)48-37-53-54(66(8,9)33-32-65(53,6)7)39-56(48)68-45-27-24-43(25-28-45)41-18-12-10-13-19-41/h10-29,34-39,59,68H,30-33H2,1-9H3. The third kappa shape index (κ3) is 7.33. The summed E-state index contributed by atoms with van der Waals surface area (Å²) < 4.78 is 2.68. The van der Waals surface area contributed by atoms with Crippen LogP contribution < -0.4 is 16.2 Å². The van der Waals surface area contributed by atoms with Crippen molar-refractivity contribution in [1.82, 2.24) is 0 Å². The number of anilines is 2. The van der Waals surface area contributed by atoms with E-state index >= 15 is 0 Å². The third-order valence-corrected chi connectivity index (χ3v) is 18.1. The largest absolute Gasteiger partial charge is 0.355 e. The maximum Gasteiger partial charge on any atom is 0.193 e. The lowest BCUT2D eigenvalue weighted by molar-refractivity contribution is 0.331. The molecule has 8 aromatic carbocycles. The van der Waals surface area contributed by atoms with E-state index in [0.717, 1.165) is 18.5 Å². The zero-order chi connectivity index (χ0) is 47.6. The number of hydrogen-bond acceptors (Lipinski definition) is 2. The van der Waals surface area contributed by atoms with E-state index in [-0.39, 0.29) is 27.6 Å². The average Bonchev–Trinajstić information content (AvgIpc) is 3.73. The van der Waals surface area contributed by atoms with Gasteiger partial charge >= 0.3 is 0 Å². The van der Waals surface area contributed by atoms with Crippen molar-refractivity contribution < 1.29 is 0 Å². The first-order chi connectivity index (χ1) is 33.1. The zero-order valence-corrected chi connectivity index (χ0v) is 42.7. The normalized spacial score (nSPS) is 18.1. The topological polar surface area (TPSA) is 12.0 Å². The molecule has 12 rings (SSSR count). The number of fused-ring (bicyclic) bond motifs is 8. The minimum atomic E-state index is 0.00481. The maximum atomic E-state index is 4.08. The summed E-state index contributed by atoms with van der Waals surface area (Å²) in [6.45, 7) is 22.1. The molecule has 2 aliphatic carbocycles. The lowest BCUT2D eigenvalue weighted by Gasteiger charge is -2.43. The summed E-state index contributed by atoms with van der Waals surface area (Å²) in [6.07, 6.45) is 4.69. The molecule has 1 unspecified atom stereocenters. The highest BCUT2D eigenvalue weighted by Crippen LogP contribution is 2.53. The molecule has 3 aliphatic rings. The molecule has 69 heavy (non-hydrogen) atoms. The van der Waals surface area contributed by atoms with Crippen LogP contribution in [0.25, 0.3) is 53.6 Å². The van der Waals surface area contributed by atoms with Crippen molar-refractivity contribution in [3.8, 4) is 33.4 Å². The van der Waals surface area contributed by atoms with E-state index in [1.807, 2.05) is 11.3 Å². The second-order valence-electron chi connectivity index (χ2n) is 23.3. The highest BCUT2D eigenvalue weighted by molar-refractivity contribution is 7.26. The first-order valence-corrected chi connectivity index (χ1v) is 26.2. The summed E-state index contributed by atoms with van der Waals surface area (Å²) in [4.78, 5) is 0. The highest BCUT2D eigenvalue weighted by Gasteiger charge is 2.42. The first-order valence-electron chi connectivity index (χ1n) is 25.4. The van der Waals surface area contributed by atoms with Gasteiger partial charge in [-0.25, -0.2) is 0 Å². The minimum absolute atomic E-state index is 0.00481. The van der Waals surface area contributed by atoms with Crippen molar-refractivity contribution in [2.75, 3.05) is 5.32 Å². The molecule has 1 N–H and O–H groups in total. The number of aryl methyl sites for hydroxylation is 1. The number of benzene rings is 8. The van der Waals surface area contributed by atoms with Crippen LogP contribution in [0.2, 0.25) is 0 Å². The Morgan fingerprint density at radius 3 is 1.67 bits per heavy atom. The molecule has 0 fully saturated rings. The van der Waals surface area contributed by atoms with Gasteiger partial charge in [-0.1, -0.05) is 188 Å². The minimum Gasteiger partial charge on any atom is -0.355 e. The van der Waals surface area contributed by atoms with E-state index in [0.29, 0.717) is 0 Å². The van der Waals surface area contributed by atoms with Crippen LogP contribution in [-0.4, -0.2) is 7.28 Å². The van der Waals surface area contributed by atoms with Gasteiger partial charge in [0.15, 0.2) is 7.28 Å². The van der Waals surface area contributed by atoms with Crippen LogP contribution in [-0.2, 0) is 21.7 Å². The SMILES string of the molecule is Cc1cc2c(cc1C1c3cc(-c4ccccc4)ccc3[B]c3c(-c4cc5c(cc4Nc4ccc(-c6ccccc6)cc4)C(C)(C)CCC5(C)C)cc4sc5ccccc5c4c31)C(C)(C)CCC2(C)C. The predicted octanol–water partition coefficient (Wildman–Crippen LogP) is 17.0. The molecule has 1 radical (unpaired) electrons. The summed E-state index contributed by atoms with van der Waals surface area (Å²) in [6, 6.07) is 60.2. The second-order valence-corrected chi connectivity index (χ2v) is 24.4. The van der Waals surface area contributed by atoms with Gasteiger partial charge in [-0.2, -0.15) is 0 Å². The monoisotopic (exact) mass is 912 g/mol. The predicted molar refractivity (Wildman–Crippen MR) is 300 cm³/mol. The molecule has 2 heterocycles. The highest BCUT2D eigenvalue weighted by atomic mass is 32.1. The fourth-order valence-corrected chi connectivity index (χ4v) is 13.7. The van der Waals surface area contributed by atoms with Crippen LogP contribution >= 0.6 is 11.3 Å². The van der Waals surface area contributed by atoms with E-state index in [9.17, 15) is 0 Å². The number of nitrogens with one attached hydrogen (secondary N) is 1. The number of rotatable bonds is 6. The lowest BCUT2D eigenvalue weighted by atomic mass is 9.51. The first kappa shape index (κ1) is 44.1. The molecule has 3 heteroatoms. The van der Waals surface area contributed by atoms with E-state index in [1.165, 1.54) is 128 Å². The fourth-order valence-electron chi connectivity index (χ4n) is 12.5. The molecule has 1 aromatic heterocycles. The summed E-state index contributed by atoms with van der Waals surface area (Å²) in [5, 5.41) is 6.83. The molecular formula is C66H63BNS. The molecular weight excluding hydrogens is 850 g/mol. The van der Waals surface area contributed by atoms with Gasteiger partial charge in [0.05, 0.1) is 0 Å². The van der Waals surface area contributed by atoms with Crippen molar-refractivity contribution in [3.05, 3.63) is 202 Å². The summed E-state index contributed by atoms with van der Waals surface area (Å²) in [5.74, 6) is 0.00481. The third-order valence-electron chi connectivity index (χ3n) is 16.9. The Bertz CT molecular complexity index is 3500. The van der Waals surface area contributed by atoms with Gasteiger partial charge in [0.1, 0.15) is 0 Å². The molecule has 0 saturated heterocycles. The molecule has 1 nitrogen and oxygen atoms in total.